The lowest BCUT2D eigenvalue weighted by molar-refractivity contribution is 0.00442. The summed E-state index contributed by atoms with van der Waals surface area (Å²) in [6, 6.07) is 6.68. The second-order valence-electron chi connectivity index (χ2n) is 8.36. The molecule has 7 nitrogen and oxygen atoms in total. The Morgan fingerprint density at radius 2 is 1.97 bits per heavy atom. The van der Waals surface area contributed by atoms with Gasteiger partial charge in [0.15, 0.2) is 5.65 Å². The van der Waals surface area contributed by atoms with E-state index >= 15 is 0 Å². The molecular formula is C25H21F3N4O3. The number of ether oxygens (including phenoxy) is 2. The van der Waals surface area contributed by atoms with Crippen LogP contribution in [0.5, 0.6) is 5.88 Å². The minimum atomic E-state index is -1.00. The molecule has 1 fully saturated rings. The molecule has 0 N–H and O–H groups in total. The lowest BCUT2D eigenvalue weighted by atomic mass is 9.89. The van der Waals surface area contributed by atoms with Crippen LogP contribution in [-0.2, 0) is 4.74 Å². The molecular weight excluding hydrogens is 461 g/mol. The molecule has 35 heavy (non-hydrogen) atoms. The van der Waals surface area contributed by atoms with Gasteiger partial charge in [0.1, 0.15) is 17.3 Å². The molecule has 180 valence electrons. The van der Waals surface area contributed by atoms with Gasteiger partial charge in [-0.25, -0.2) is 23.7 Å². The molecule has 1 aromatic carbocycles. The number of benzene rings is 1. The molecule has 0 saturated carbocycles. The van der Waals surface area contributed by atoms with Crippen LogP contribution in [0.1, 0.15) is 41.8 Å². The van der Waals surface area contributed by atoms with E-state index in [1.165, 1.54) is 26.3 Å². The molecule has 0 amide bonds. The summed E-state index contributed by atoms with van der Waals surface area (Å²) >= 11 is 0. The Labute approximate surface area is 198 Å². The van der Waals surface area contributed by atoms with Crippen LogP contribution in [0.25, 0.3) is 16.9 Å². The van der Waals surface area contributed by atoms with Gasteiger partial charge in [-0.15, -0.1) is 0 Å². The molecule has 0 radical (unpaired) electrons. The second kappa shape index (κ2) is 9.10. The third-order valence-corrected chi connectivity index (χ3v) is 6.17. The predicted molar refractivity (Wildman–Crippen MR) is 121 cm³/mol. The lowest BCUT2D eigenvalue weighted by Crippen LogP contribution is -2.24. The Hall–Kier alpha value is -3.79. The second-order valence-corrected chi connectivity index (χ2v) is 8.36. The van der Waals surface area contributed by atoms with Gasteiger partial charge in [-0.05, 0) is 43.5 Å². The van der Waals surface area contributed by atoms with Crippen molar-refractivity contribution in [2.75, 3.05) is 13.7 Å². The highest BCUT2D eigenvalue weighted by atomic mass is 19.1. The van der Waals surface area contributed by atoms with E-state index in [1.54, 1.807) is 12.3 Å². The Morgan fingerprint density at radius 1 is 1.14 bits per heavy atom. The molecule has 10 heteroatoms. The highest BCUT2D eigenvalue weighted by Gasteiger charge is 2.28. The molecule has 1 aliphatic heterocycles. The normalized spacial score (nSPS) is 18.1. The summed E-state index contributed by atoms with van der Waals surface area (Å²) in [7, 11) is 1.53. The van der Waals surface area contributed by atoms with Crippen molar-refractivity contribution in [3.63, 3.8) is 0 Å². The van der Waals surface area contributed by atoms with Crippen LogP contribution in [0.3, 0.4) is 0 Å². The summed E-state index contributed by atoms with van der Waals surface area (Å²) in [5.41, 5.74) is 0.268. The SMILES string of the molecule is COc1cc([C@@H]2C[C@H](c3cn4c(=O)c(F)c(C)nc4c(-c4ccc(F)cc4F)n3)CCO2)ccn1. The molecule has 4 heterocycles. The summed E-state index contributed by atoms with van der Waals surface area (Å²) in [5, 5.41) is 0. The van der Waals surface area contributed by atoms with Crippen LogP contribution in [0.2, 0.25) is 0 Å². The molecule has 0 spiro atoms. The largest absolute Gasteiger partial charge is 0.481 e. The fourth-order valence-corrected chi connectivity index (χ4v) is 4.34. The highest BCUT2D eigenvalue weighted by molar-refractivity contribution is 5.74. The van der Waals surface area contributed by atoms with Crippen LogP contribution in [0.15, 0.2) is 47.5 Å². The van der Waals surface area contributed by atoms with Crippen molar-refractivity contribution >= 4 is 5.65 Å². The van der Waals surface area contributed by atoms with Crippen molar-refractivity contribution in [3.8, 4) is 17.1 Å². The zero-order chi connectivity index (χ0) is 24.7. The topological polar surface area (TPSA) is 78.6 Å². The van der Waals surface area contributed by atoms with Crippen molar-refractivity contribution in [1.82, 2.24) is 19.4 Å². The van der Waals surface area contributed by atoms with E-state index in [-0.39, 0.29) is 34.6 Å². The molecule has 1 aliphatic rings. The van der Waals surface area contributed by atoms with E-state index in [0.717, 1.165) is 22.1 Å². The number of methoxy groups -OCH3 is 1. The standard InChI is InChI=1S/C25H21F3N4O3/c1-13-22(28)25(33)32-12-19(31-23(24(32)30-13)17-4-3-16(26)11-18(17)27)14-6-8-35-20(9-14)15-5-7-29-21(10-15)34-2/h3-5,7,10-12,14,20H,6,8-9H2,1-2H3/t14-,20+/m1/s1. The Morgan fingerprint density at radius 3 is 2.74 bits per heavy atom. The van der Waals surface area contributed by atoms with Crippen LogP contribution in [0, 0.1) is 24.4 Å². The summed E-state index contributed by atoms with van der Waals surface area (Å²) < 4.78 is 55.0. The molecule has 4 aromatic rings. The number of rotatable bonds is 4. The maximum Gasteiger partial charge on any atom is 0.294 e. The van der Waals surface area contributed by atoms with Crippen LogP contribution >= 0.6 is 0 Å². The van der Waals surface area contributed by atoms with Crippen LogP contribution in [-0.4, -0.2) is 33.1 Å². The van der Waals surface area contributed by atoms with Gasteiger partial charge in [-0.3, -0.25) is 9.20 Å². The molecule has 3 aromatic heterocycles. The molecule has 2 atom stereocenters. The summed E-state index contributed by atoms with van der Waals surface area (Å²) in [6.07, 6.45) is 3.87. The minimum absolute atomic E-state index is 0.00867. The number of halogens is 3. The van der Waals surface area contributed by atoms with Crippen molar-refractivity contribution < 1.29 is 22.6 Å². The van der Waals surface area contributed by atoms with Crippen molar-refractivity contribution in [1.29, 1.82) is 0 Å². The van der Waals surface area contributed by atoms with Gasteiger partial charge in [0.2, 0.25) is 11.7 Å². The van der Waals surface area contributed by atoms with Crippen molar-refractivity contribution in [2.45, 2.75) is 31.8 Å². The molecule has 0 unspecified atom stereocenters. The number of aryl methyl sites for hydroxylation is 1. The fraction of sp³-hybridized carbons (Fsp3) is 0.280. The average molecular weight is 482 g/mol. The highest BCUT2D eigenvalue weighted by Crippen LogP contribution is 2.38. The Balaban J connectivity index is 1.64. The number of nitrogens with zero attached hydrogens (tertiary/aromatic N) is 4. The number of aromatic nitrogens is 4. The summed E-state index contributed by atoms with van der Waals surface area (Å²) in [4.78, 5) is 25.7. The van der Waals surface area contributed by atoms with Gasteiger partial charge < -0.3 is 9.47 Å². The Bertz CT molecular complexity index is 1490. The van der Waals surface area contributed by atoms with E-state index in [0.29, 0.717) is 31.0 Å². The monoisotopic (exact) mass is 482 g/mol. The minimum Gasteiger partial charge on any atom is -0.481 e. The van der Waals surface area contributed by atoms with E-state index in [9.17, 15) is 18.0 Å². The van der Waals surface area contributed by atoms with Gasteiger partial charge >= 0.3 is 0 Å². The fourth-order valence-electron chi connectivity index (χ4n) is 4.34. The third kappa shape index (κ3) is 4.25. The predicted octanol–water partition coefficient (Wildman–Crippen LogP) is 4.52. The molecule has 0 bridgehead atoms. The number of hydrogen-bond donors (Lipinski definition) is 0. The van der Waals surface area contributed by atoms with Gasteiger partial charge in [0.25, 0.3) is 5.56 Å². The quantitative estimate of drug-likeness (QED) is 0.426. The first-order valence-corrected chi connectivity index (χ1v) is 11.0. The first-order chi connectivity index (χ1) is 16.9. The zero-order valence-corrected chi connectivity index (χ0v) is 19.0. The lowest BCUT2D eigenvalue weighted by Gasteiger charge is -2.30. The smallest absolute Gasteiger partial charge is 0.294 e. The van der Waals surface area contributed by atoms with E-state index in [4.69, 9.17) is 9.47 Å². The van der Waals surface area contributed by atoms with E-state index in [2.05, 4.69) is 15.0 Å². The molecule has 0 aliphatic carbocycles. The average Bonchev–Trinajstić information content (AvgIpc) is 2.87. The number of hydrogen-bond acceptors (Lipinski definition) is 6. The Kier molecular flexibility index (Phi) is 5.98. The maximum absolute atomic E-state index is 14.8. The van der Waals surface area contributed by atoms with E-state index in [1.807, 2.05) is 6.07 Å². The first-order valence-electron chi connectivity index (χ1n) is 11.0. The van der Waals surface area contributed by atoms with E-state index < -0.39 is 23.0 Å². The zero-order valence-electron chi connectivity index (χ0n) is 19.0. The maximum atomic E-state index is 14.8. The third-order valence-electron chi connectivity index (χ3n) is 6.17. The molecule has 5 rings (SSSR count). The van der Waals surface area contributed by atoms with Gasteiger partial charge in [-0.1, -0.05) is 0 Å². The van der Waals surface area contributed by atoms with Crippen molar-refractivity contribution in [2.24, 2.45) is 0 Å². The first kappa shape index (κ1) is 23.0. The van der Waals surface area contributed by atoms with Gasteiger partial charge in [-0.2, -0.15) is 4.39 Å². The van der Waals surface area contributed by atoms with Crippen LogP contribution in [0.4, 0.5) is 13.2 Å². The number of fused-ring (bicyclic) bond motifs is 1. The summed E-state index contributed by atoms with van der Waals surface area (Å²) in [5.74, 6) is -2.34. The van der Waals surface area contributed by atoms with Gasteiger partial charge in [0.05, 0.1) is 24.6 Å². The molecule has 1 saturated heterocycles. The van der Waals surface area contributed by atoms with Gasteiger partial charge in [0, 0.05) is 42.6 Å². The van der Waals surface area contributed by atoms with Crippen molar-refractivity contribution in [3.05, 3.63) is 87.5 Å². The van der Waals surface area contributed by atoms with Crippen LogP contribution < -0.4 is 10.3 Å². The number of pyridine rings is 1. The summed E-state index contributed by atoms with van der Waals surface area (Å²) in [6.45, 7) is 1.76.